The first-order valence-electron chi connectivity index (χ1n) is 4.87. The molecule has 80 valence electrons. The van der Waals surface area contributed by atoms with Gasteiger partial charge in [0.15, 0.2) is 0 Å². The van der Waals surface area contributed by atoms with Gasteiger partial charge in [0, 0.05) is 18.0 Å². The maximum Gasteiger partial charge on any atom is 0.115 e. The van der Waals surface area contributed by atoms with Crippen molar-refractivity contribution in [2.45, 2.75) is 0 Å². The van der Waals surface area contributed by atoms with E-state index in [2.05, 4.69) is 97.9 Å². The second kappa shape index (κ2) is 4.06. The summed E-state index contributed by atoms with van der Waals surface area (Å²) >= 11 is 4.79. The van der Waals surface area contributed by atoms with E-state index in [1.165, 1.54) is 18.5 Å². The lowest BCUT2D eigenvalue weighted by Crippen LogP contribution is -2.36. The van der Waals surface area contributed by atoms with Gasteiger partial charge in [0.05, 0.1) is 9.27 Å². The standard InChI is InChI=1S/C12H8I2N2/c13-11-9-5-1-2-6-10(9)15-7-3-4-8-16(15)12(11)14/h1-8H. The summed E-state index contributed by atoms with van der Waals surface area (Å²) in [6.45, 7) is 0. The lowest BCUT2D eigenvalue weighted by molar-refractivity contribution is 0.499. The average molecular weight is 434 g/mol. The molecule has 0 unspecified atom stereocenters. The molecule has 0 saturated heterocycles. The highest BCUT2D eigenvalue weighted by atomic mass is 127. The summed E-state index contributed by atoms with van der Waals surface area (Å²) in [5, 5.41) is 4.32. The first kappa shape index (κ1) is 10.6. The smallest absolute Gasteiger partial charge is 0.115 e. The predicted octanol–water partition coefficient (Wildman–Crippen LogP) is 4.26. The van der Waals surface area contributed by atoms with Crippen LogP contribution in [-0.2, 0) is 0 Å². The Labute approximate surface area is 122 Å². The summed E-state index contributed by atoms with van der Waals surface area (Å²) in [7, 11) is 0. The van der Waals surface area contributed by atoms with Gasteiger partial charge in [-0.05, 0) is 63.4 Å². The molecule has 0 aliphatic carbocycles. The van der Waals surface area contributed by atoms with Crippen LogP contribution in [0.1, 0.15) is 5.56 Å². The number of benzene rings is 1. The number of fused-ring (bicyclic) bond motifs is 3. The fourth-order valence-corrected chi connectivity index (χ4v) is 3.22. The van der Waals surface area contributed by atoms with E-state index in [0.29, 0.717) is 0 Å². The second-order valence-corrected chi connectivity index (χ2v) is 5.59. The Morgan fingerprint density at radius 2 is 1.56 bits per heavy atom. The third kappa shape index (κ3) is 1.50. The van der Waals surface area contributed by atoms with E-state index in [1.807, 2.05) is 6.08 Å². The molecular formula is C12H8I2N2. The van der Waals surface area contributed by atoms with Gasteiger partial charge in [-0.2, -0.15) is 0 Å². The molecule has 0 radical (unpaired) electrons. The van der Waals surface area contributed by atoms with Crippen LogP contribution in [-0.4, -0.2) is 5.01 Å². The summed E-state index contributed by atoms with van der Waals surface area (Å²) in [5.41, 5.74) is 2.52. The van der Waals surface area contributed by atoms with Crippen LogP contribution in [0.2, 0.25) is 0 Å². The average Bonchev–Trinajstić information content (AvgIpc) is 2.36. The highest BCUT2D eigenvalue weighted by Crippen LogP contribution is 2.43. The summed E-state index contributed by atoms with van der Waals surface area (Å²) in [4.78, 5) is 0. The third-order valence-corrected chi connectivity index (χ3v) is 5.73. The van der Waals surface area contributed by atoms with Crippen LogP contribution in [0, 0.1) is 0 Å². The zero-order chi connectivity index (χ0) is 11.1. The fraction of sp³-hybridized carbons (Fsp3) is 0. The molecule has 0 atom stereocenters. The lowest BCUT2D eigenvalue weighted by atomic mass is 10.1. The van der Waals surface area contributed by atoms with Crippen molar-refractivity contribution < 1.29 is 0 Å². The molecular weight excluding hydrogens is 426 g/mol. The molecule has 16 heavy (non-hydrogen) atoms. The minimum Gasteiger partial charge on any atom is -0.256 e. The van der Waals surface area contributed by atoms with Gasteiger partial charge >= 0.3 is 0 Å². The van der Waals surface area contributed by atoms with Gasteiger partial charge in [-0.1, -0.05) is 18.2 Å². The Morgan fingerprint density at radius 1 is 0.875 bits per heavy atom. The molecule has 0 amide bonds. The van der Waals surface area contributed by atoms with Crippen LogP contribution >= 0.6 is 45.2 Å². The predicted molar refractivity (Wildman–Crippen MR) is 84.0 cm³/mol. The monoisotopic (exact) mass is 434 g/mol. The Morgan fingerprint density at radius 3 is 2.38 bits per heavy atom. The third-order valence-electron chi connectivity index (χ3n) is 2.57. The Hall–Kier alpha value is -0.500. The molecule has 2 aliphatic heterocycles. The van der Waals surface area contributed by atoms with E-state index < -0.39 is 0 Å². The highest BCUT2D eigenvalue weighted by Gasteiger charge is 2.26. The normalized spacial score (nSPS) is 17.6. The molecule has 0 saturated carbocycles. The van der Waals surface area contributed by atoms with Gasteiger partial charge in [-0.25, -0.2) is 5.01 Å². The first-order valence-corrected chi connectivity index (χ1v) is 7.03. The van der Waals surface area contributed by atoms with Gasteiger partial charge < -0.3 is 0 Å². The van der Waals surface area contributed by atoms with E-state index in [-0.39, 0.29) is 0 Å². The van der Waals surface area contributed by atoms with E-state index in [0.717, 1.165) is 0 Å². The van der Waals surface area contributed by atoms with E-state index >= 15 is 0 Å². The largest absolute Gasteiger partial charge is 0.256 e. The quantitative estimate of drug-likeness (QED) is 0.445. The zero-order valence-corrected chi connectivity index (χ0v) is 12.6. The molecule has 0 bridgehead atoms. The molecule has 2 aliphatic rings. The Bertz CT molecular complexity index is 532. The van der Waals surface area contributed by atoms with Gasteiger partial charge in [0.2, 0.25) is 0 Å². The molecule has 0 fully saturated rings. The van der Waals surface area contributed by atoms with Crippen LogP contribution in [0.15, 0.2) is 52.5 Å². The summed E-state index contributed by atoms with van der Waals surface area (Å²) in [6.07, 6.45) is 8.26. The van der Waals surface area contributed by atoms with Gasteiger partial charge in [-0.15, -0.1) is 0 Å². The maximum absolute atomic E-state index is 2.41. The number of para-hydroxylation sites is 1. The summed E-state index contributed by atoms with van der Waals surface area (Å²) in [5.74, 6) is 0. The molecule has 2 nitrogen and oxygen atoms in total. The van der Waals surface area contributed by atoms with Gasteiger partial charge in [-0.3, -0.25) is 5.01 Å². The maximum atomic E-state index is 2.41. The lowest BCUT2D eigenvalue weighted by Gasteiger charge is -2.39. The fourth-order valence-electron chi connectivity index (χ4n) is 1.83. The minimum absolute atomic E-state index is 1.23. The number of nitrogens with zero attached hydrogens (tertiary/aromatic N) is 2. The van der Waals surface area contributed by atoms with Crippen molar-refractivity contribution in [3.05, 3.63) is 58.1 Å². The van der Waals surface area contributed by atoms with Crippen molar-refractivity contribution in [2.24, 2.45) is 0 Å². The summed E-state index contributed by atoms with van der Waals surface area (Å²) < 4.78 is 2.53. The highest BCUT2D eigenvalue weighted by molar-refractivity contribution is 14.1. The van der Waals surface area contributed by atoms with Crippen LogP contribution in [0.3, 0.4) is 0 Å². The molecule has 3 rings (SSSR count). The van der Waals surface area contributed by atoms with Crippen molar-refractivity contribution in [3.63, 3.8) is 0 Å². The number of halogens is 2. The first-order chi connectivity index (χ1) is 7.79. The number of anilines is 1. The van der Waals surface area contributed by atoms with Crippen molar-refractivity contribution in [1.82, 2.24) is 5.01 Å². The molecule has 1 aromatic carbocycles. The molecule has 0 spiro atoms. The van der Waals surface area contributed by atoms with Crippen LogP contribution in [0.25, 0.3) is 3.58 Å². The van der Waals surface area contributed by atoms with Crippen molar-refractivity contribution in [3.8, 4) is 0 Å². The van der Waals surface area contributed by atoms with Gasteiger partial charge in [0.1, 0.15) is 3.70 Å². The number of hydrogen-bond donors (Lipinski definition) is 0. The molecule has 4 heteroatoms. The molecule has 0 aromatic heterocycles. The number of allylic oxidation sites excluding steroid dienone is 2. The topological polar surface area (TPSA) is 6.48 Å². The zero-order valence-electron chi connectivity index (χ0n) is 8.27. The van der Waals surface area contributed by atoms with Crippen LogP contribution in [0.4, 0.5) is 5.69 Å². The van der Waals surface area contributed by atoms with Crippen molar-refractivity contribution >= 4 is 54.4 Å². The Kier molecular flexibility index (Phi) is 2.70. The molecule has 2 heterocycles. The van der Waals surface area contributed by atoms with E-state index in [9.17, 15) is 0 Å². The summed E-state index contributed by atoms with van der Waals surface area (Å²) in [6, 6.07) is 8.47. The number of rotatable bonds is 0. The number of hydrazine groups is 1. The van der Waals surface area contributed by atoms with Crippen molar-refractivity contribution in [2.75, 3.05) is 5.01 Å². The second-order valence-electron chi connectivity index (χ2n) is 3.49. The van der Waals surface area contributed by atoms with Crippen LogP contribution in [0.5, 0.6) is 0 Å². The Balaban J connectivity index is 2.26. The SMILES string of the molecule is IC1=C(I)N2C=CC=CN2c2ccccc21. The molecule has 0 N–H and O–H groups in total. The van der Waals surface area contributed by atoms with E-state index in [4.69, 9.17) is 0 Å². The van der Waals surface area contributed by atoms with Crippen molar-refractivity contribution in [1.29, 1.82) is 0 Å². The number of hydrogen-bond acceptors (Lipinski definition) is 2. The minimum atomic E-state index is 1.23. The van der Waals surface area contributed by atoms with E-state index in [1.54, 1.807) is 0 Å². The van der Waals surface area contributed by atoms with Crippen LogP contribution < -0.4 is 5.01 Å². The molecule has 1 aromatic rings. The van der Waals surface area contributed by atoms with Gasteiger partial charge in [0.25, 0.3) is 0 Å².